The summed E-state index contributed by atoms with van der Waals surface area (Å²) in [4.78, 5) is 22.1. The van der Waals surface area contributed by atoms with Gasteiger partial charge in [-0.3, -0.25) is 0 Å². The Balaban J connectivity index is 2.17. The molecule has 5 nitrogen and oxygen atoms in total. The maximum absolute atomic E-state index is 12.9. The SMILES string of the molecule is O=C(Nc1ccc(Cl)cc1)NC(C(=O)O)c1ccsc1C(F)(F)F. The fraction of sp³-hybridized carbons (Fsp3) is 0.143. The van der Waals surface area contributed by atoms with Gasteiger partial charge in [-0.2, -0.15) is 13.2 Å². The Morgan fingerprint density at radius 1 is 1.17 bits per heavy atom. The first-order valence-corrected chi connectivity index (χ1v) is 7.64. The molecule has 2 rings (SSSR count). The minimum absolute atomic E-state index is 0.308. The lowest BCUT2D eigenvalue weighted by Crippen LogP contribution is -2.37. The third-order valence-electron chi connectivity index (χ3n) is 2.89. The quantitative estimate of drug-likeness (QED) is 0.739. The number of urea groups is 1. The predicted octanol–water partition coefficient (Wildman–Crippen LogP) is 4.37. The number of carboxylic acids is 1. The summed E-state index contributed by atoms with van der Waals surface area (Å²) in [6.07, 6.45) is -4.70. The summed E-state index contributed by atoms with van der Waals surface area (Å²) in [5, 5.41) is 15.1. The van der Waals surface area contributed by atoms with Crippen LogP contribution in [0.2, 0.25) is 5.02 Å². The van der Waals surface area contributed by atoms with Crippen LogP contribution in [-0.4, -0.2) is 17.1 Å². The summed E-state index contributed by atoms with van der Waals surface area (Å²) in [6.45, 7) is 0. The van der Waals surface area contributed by atoms with E-state index in [2.05, 4.69) is 5.32 Å². The molecular weight excluding hydrogens is 369 g/mol. The number of halogens is 4. The first-order valence-electron chi connectivity index (χ1n) is 6.39. The zero-order valence-electron chi connectivity index (χ0n) is 11.7. The number of alkyl halides is 3. The molecule has 0 radical (unpaired) electrons. The average molecular weight is 379 g/mol. The van der Waals surface area contributed by atoms with Gasteiger partial charge in [0, 0.05) is 16.3 Å². The van der Waals surface area contributed by atoms with Crippen LogP contribution in [0.4, 0.5) is 23.7 Å². The van der Waals surface area contributed by atoms with E-state index < -0.39 is 34.7 Å². The van der Waals surface area contributed by atoms with Gasteiger partial charge < -0.3 is 15.7 Å². The van der Waals surface area contributed by atoms with Crippen molar-refractivity contribution in [1.82, 2.24) is 5.32 Å². The Morgan fingerprint density at radius 2 is 1.79 bits per heavy atom. The highest BCUT2D eigenvalue weighted by atomic mass is 35.5. The monoisotopic (exact) mass is 378 g/mol. The van der Waals surface area contributed by atoms with Gasteiger partial charge in [-0.15, -0.1) is 11.3 Å². The van der Waals surface area contributed by atoms with Crippen LogP contribution in [0.1, 0.15) is 16.5 Å². The predicted molar refractivity (Wildman–Crippen MR) is 83.3 cm³/mol. The maximum atomic E-state index is 12.9. The molecule has 24 heavy (non-hydrogen) atoms. The number of amides is 2. The van der Waals surface area contributed by atoms with E-state index in [0.29, 0.717) is 22.0 Å². The minimum atomic E-state index is -4.70. The van der Waals surface area contributed by atoms with Crippen molar-refractivity contribution in [3.8, 4) is 0 Å². The Morgan fingerprint density at radius 3 is 2.33 bits per heavy atom. The van der Waals surface area contributed by atoms with Crippen LogP contribution >= 0.6 is 22.9 Å². The number of thiophene rings is 1. The molecule has 0 aliphatic carbocycles. The van der Waals surface area contributed by atoms with Crippen LogP contribution < -0.4 is 10.6 Å². The smallest absolute Gasteiger partial charge is 0.425 e. The van der Waals surface area contributed by atoms with E-state index in [4.69, 9.17) is 16.7 Å². The summed E-state index contributed by atoms with van der Waals surface area (Å²) in [5.41, 5.74) is -0.214. The molecule has 0 aliphatic rings. The van der Waals surface area contributed by atoms with Crippen molar-refractivity contribution < 1.29 is 27.9 Å². The van der Waals surface area contributed by atoms with Crippen molar-refractivity contribution in [3.63, 3.8) is 0 Å². The topological polar surface area (TPSA) is 78.4 Å². The number of aliphatic carboxylic acids is 1. The van der Waals surface area contributed by atoms with E-state index >= 15 is 0 Å². The molecule has 0 saturated heterocycles. The summed E-state index contributed by atoms with van der Waals surface area (Å²) in [6, 6.07) is 4.14. The number of carbonyl (C=O) groups is 2. The highest BCUT2D eigenvalue weighted by Gasteiger charge is 2.39. The van der Waals surface area contributed by atoms with Crippen LogP contribution in [-0.2, 0) is 11.0 Å². The fourth-order valence-corrected chi connectivity index (χ4v) is 2.81. The molecule has 1 aromatic heterocycles. The van der Waals surface area contributed by atoms with E-state index in [-0.39, 0.29) is 0 Å². The lowest BCUT2D eigenvalue weighted by Gasteiger charge is -2.17. The second kappa shape index (κ2) is 7.10. The first kappa shape index (κ1) is 18.1. The molecule has 128 valence electrons. The minimum Gasteiger partial charge on any atom is -0.479 e. The van der Waals surface area contributed by atoms with Crippen molar-refractivity contribution in [1.29, 1.82) is 0 Å². The largest absolute Gasteiger partial charge is 0.479 e. The zero-order valence-corrected chi connectivity index (χ0v) is 13.3. The lowest BCUT2D eigenvalue weighted by molar-refractivity contribution is -0.140. The molecular formula is C14H10ClF3N2O3S. The van der Waals surface area contributed by atoms with Gasteiger partial charge in [0.1, 0.15) is 4.88 Å². The van der Waals surface area contributed by atoms with Crippen molar-refractivity contribution in [2.75, 3.05) is 5.32 Å². The van der Waals surface area contributed by atoms with Gasteiger partial charge in [-0.1, -0.05) is 11.6 Å². The number of nitrogens with one attached hydrogen (secondary N) is 2. The average Bonchev–Trinajstić information content (AvgIpc) is 2.96. The Labute approximate surface area is 143 Å². The van der Waals surface area contributed by atoms with E-state index in [0.717, 1.165) is 11.4 Å². The van der Waals surface area contributed by atoms with Gasteiger partial charge in [0.2, 0.25) is 0 Å². The van der Waals surface area contributed by atoms with Gasteiger partial charge in [0.05, 0.1) is 0 Å². The zero-order chi connectivity index (χ0) is 17.9. The van der Waals surface area contributed by atoms with E-state index in [1.165, 1.54) is 24.3 Å². The molecule has 1 heterocycles. The molecule has 3 N–H and O–H groups in total. The number of hydrogen-bond donors (Lipinski definition) is 3. The molecule has 0 spiro atoms. The Hall–Kier alpha value is -2.26. The molecule has 1 atom stereocenters. The lowest BCUT2D eigenvalue weighted by atomic mass is 10.1. The highest BCUT2D eigenvalue weighted by molar-refractivity contribution is 7.10. The molecule has 0 saturated carbocycles. The summed E-state index contributed by atoms with van der Waals surface area (Å²) in [7, 11) is 0. The summed E-state index contributed by atoms with van der Waals surface area (Å²) >= 11 is 6.05. The van der Waals surface area contributed by atoms with Crippen LogP contribution in [0.3, 0.4) is 0 Å². The Bertz CT molecular complexity index is 746. The van der Waals surface area contributed by atoms with Gasteiger partial charge in [-0.25, -0.2) is 9.59 Å². The van der Waals surface area contributed by atoms with Crippen molar-refractivity contribution >= 4 is 40.6 Å². The molecule has 0 fully saturated rings. The first-order chi connectivity index (χ1) is 11.2. The van der Waals surface area contributed by atoms with E-state index in [9.17, 15) is 22.8 Å². The number of carboxylic acid groups (broad SMARTS) is 1. The molecule has 2 aromatic rings. The molecule has 0 bridgehead atoms. The van der Waals surface area contributed by atoms with Crippen molar-refractivity contribution in [2.45, 2.75) is 12.2 Å². The maximum Gasteiger partial charge on any atom is 0.425 e. The highest BCUT2D eigenvalue weighted by Crippen LogP contribution is 2.38. The van der Waals surface area contributed by atoms with Gasteiger partial charge in [-0.05, 0) is 35.7 Å². The fourth-order valence-electron chi connectivity index (χ4n) is 1.88. The van der Waals surface area contributed by atoms with Crippen LogP contribution in [0.15, 0.2) is 35.7 Å². The third kappa shape index (κ3) is 4.39. The molecule has 10 heteroatoms. The van der Waals surface area contributed by atoms with Crippen LogP contribution in [0, 0.1) is 0 Å². The molecule has 1 unspecified atom stereocenters. The van der Waals surface area contributed by atoms with Crippen molar-refractivity contribution in [2.24, 2.45) is 0 Å². The number of anilines is 1. The van der Waals surface area contributed by atoms with Gasteiger partial charge in [0.25, 0.3) is 0 Å². The Kier molecular flexibility index (Phi) is 5.35. The van der Waals surface area contributed by atoms with Crippen molar-refractivity contribution in [3.05, 3.63) is 51.2 Å². The molecule has 1 aromatic carbocycles. The summed E-state index contributed by atoms with van der Waals surface area (Å²) < 4.78 is 38.7. The third-order valence-corrected chi connectivity index (χ3v) is 4.12. The summed E-state index contributed by atoms with van der Waals surface area (Å²) in [5.74, 6) is -1.61. The number of rotatable bonds is 4. The van der Waals surface area contributed by atoms with E-state index in [1.807, 2.05) is 5.32 Å². The molecule has 2 amide bonds. The van der Waals surface area contributed by atoms with Crippen LogP contribution in [0.25, 0.3) is 0 Å². The molecule has 0 aliphatic heterocycles. The second-order valence-corrected chi connectivity index (χ2v) is 5.93. The number of hydrogen-bond acceptors (Lipinski definition) is 3. The normalized spacial score (nSPS) is 12.5. The van der Waals surface area contributed by atoms with Crippen LogP contribution in [0.5, 0.6) is 0 Å². The van der Waals surface area contributed by atoms with Gasteiger partial charge in [0.15, 0.2) is 6.04 Å². The second-order valence-electron chi connectivity index (χ2n) is 4.58. The van der Waals surface area contributed by atoms with E-state index in [1.54, 1.807) is 0 Å². The van der Waals surface area contributed by atoms with Gasteiger partial charge >= 0.3 is 18.2 Å². The number of benzene rings is 1. The number of carbonyl (C=O) groups excluding carboxylic acids is 1. The standard InChI is InChI=1S/C14H10ClF3N2O3S/c15-7-1-3-8(4-2-7)19-13(23)20-10(12(21)22)9-5-6-24-11(9)14(16,17)18/h1-6,10H,(H,21,22)(H2,19,20,23).